The van der Waals surface area contributed by atoms with Crippen LogP contribution in [0.3, 0.4) is 0 Å². The smallest absolute Gasteiger partial charge is 0.168 e. The van der Waals surface area contributed by atoms with Crippen LogP contribution in [0, 0.1) is 0 Å². The first kappa shape index (κ1) is 11.7. The Labute approximate surface area is 110 Å². The first-order valence-corrected chi connectivity index (χ1v) is 5.94. The van der Waals surface area contributed by atoms with E-state index in [0.717, 1.165) is 13.1 Å². The molecule has 2 aliphatic heterocycles. The Bertz CT molecular complexity index is 453. The number of amidine groups is 1. The minimum Gasteiger partial charge on any atom is -0.322 e. The van der Waals surface area contributed by atoms with Crippen molar-refractivity contribution in [1.29, 1.82) is 0 Å². The van der Waals surface area contributed by atoms with E-state index >= 15 is 0 Å². The molecule has 84 valence electrons. The minimum absolute atomic E-state index is 0. The fourth-order valence-corrected chi connectivity index (χ4v) is 3.16. The van der Waals surface area contributed by atoms with Crippen LogP contribution in [-0.4, -0.2) is 23.2 Å². The highest BCUT2D eigenvalue weighted by atomic mass is 79.9. The normalized spacial score (nSPS) is 18.3. The maximum absolute atomic E-state index is 4.49. The molecule has 2 nitrogen and oxygen atoms in total. The van der Waals surface area contributed by atoms with Crippen LogP contribution in [0.25, 0.3) is 4.91 Å². The van der Waals surface area contributed by atoms with Gasteiger partial charge in [0.15, 0.2) is 5.17 Å². The number of halogens is 1. The zero-order chi connectivity index (χ0) is 10.3. The van der Waals surface area contributed by atoms with Crippen molar-refractivity contribution in [3.05, 3.63) is 41.6 Å². The van der Waals surface area contributed by atoms with Crippen LogP contribution in [0.2, 0.25) is 0 Å². The summed E-state index contributed by atoms with van der Waals surface area (Å²) in [5.41, 5.74) is 2.65. The van der Waals surface area contributed by atoms with Gasteiger partial charge in [0.2, 0.25) is 0 Å². The maximum Gasteiger partial charge on any atom is 0.168 e. The first-order valence-electron chi connectivity index (χ1n) is 5.12. The maximum atomic E-state index is 4.49. The molecule has 1 aromatic rings. The van der Waals surface area contributed by atoms with Crippen molar-refractivity contribution in [3.63, 3.8) is 0 Å². The molecule has 0 aliphatic carbocycles. The van der Waals surface area contributed by atoms with Gasteiger partial charge in [-0.3, -0.25) is 4.99 Å². The van der Waals surface area contributed by atoms with Crippen molar-refractivity contribution in [3.8, 4) is 0 Å². The van der Waals surface area contributed by atoms with Crippen LogP contribution in [0.4, 0.5) is 0 Å². The molecule has 0 unspecified atom stereocenters. The number of hydrogen-bond acceptors (Lipinski definition) is 3. The lowest BCUT2D eigenvalue weighted by atomic mass is 10.2. The molecule has 0 saturated carbocycles. The van der Waals surface area contributed by atoms with Crippen molar-refractivity contribution in [2.24, 2.45) is 4.99 Å². The van der Waals surface area contributed by atoms with Crippen molar-refractivity contribution >= 4 is 38.8 Å². The van der Waals surface area contributed by atoms with Gasteiger partial charge in [-0.1, -0.05) is 30.3 Å². The number of rotatable bonds is 1. The molecule has 2 heterocycles. The van der Waals surface area contributed by atoms with Crippen molar-refractivity contribution < 1.29 is 0 Å². The standard InChI is InChI=1S/C12H12N2S.BrH/c1-9-11(10-5-3-2-4-6-10)15-12-13-7-8-14(9)12;/h2-6H,7-8H2,1H3;1H. The molecular weight excluding hydrogens is 284 g/mol. The Balaban J connectivity index is 0.000000963. The van der Waals surface area contributed by atoms with Crippen molar-refractivity contribution in [2.75, 3.05) is 13.1 Å². The summed E-state index contributed by atoms with van der Waals surface area (Å²) in [6.45, 7) is 4.18. The quantitative estimate of drug-likeness (QED) is 0.790. The van der Waals surface area contributed by atoms with Gasteiger partial charge in [0.05, 0.1) is 6.54 Å². The Hall–Kier alpha value is -0.740. The summed E-state index contributed by atoms with van der Waals surface area (Å²) in [5.74, 6) is 0. The number of allylic oxidation sites excluding steroid dienone is 1. The molecule has 0 amide bonds. The van der Waals surface area contributed by atoms with Crippen LogP contribution in [0.5, 0.6) is 0 Å². The number of nitrogens with zero attached hydrogens (tertiary/aromatic N) is 2. The van der Waals surface area contributed by atoms with Crippen molar-refractivity contribution in [2.45, 2.75) is 6.92 Å². The number of aliphatic imine (C=N–C) groups is 1. The number of thioether (sulfide) groups is 1. The molecule has 16 heavy (non-hydrogen) atoms. The lowest BCUT2D eigenvalue weighted by molar-refractivity contribution is 0.578. The summed E-state index contributed by atoms with van der Waals surface area (Å²) in [5, 5.41) is 1.17. The topological polar surface area (TPSA) is 15.6 Å². The minimum atomic E-state index is 0. The molecular formula is C12H13BrN2S. The predicted octanol–water partition coefficient (Wildman–Crippen LogP) is 3.37. The van der Waals surface area contributed by atoms with Crippen LogP contribution in [0.15, 0.2) is 41.0 Å². The van der Waals surface area contributed by atoms with E-state index in [1.165, 1.54) is 21.3 Å². The molecule has 0 spiro atoms. The van der Waals surface area contributed by atoms with E-state index in [1.807, 2.05) is 0 Å². The van der Waals surface area contributed by atoms with Gasteiger partial charge in [0.25, 0.3) is 0 Å². The summed E-state index contributed by atoms with van der Waals surface area (Å²) >= 11 is 1.80. The van der Waals surface area contributed by atoms with Gasteiger partial charge in [-0.05, 0) is 24.2 Å². The van der Waals surface area contributed by atoms with E-state index < -0.39 is 0 Å². The van der Waals surface area contributed by atoms with Gasteiger partial charge in [-0.25, -0.2) is 0 Å². The van der Waals surface area contributed by atoms with E-state index in [0.29, 0.717) is 0 Å². The second kappa shape index (κ2) is 4.63. The van der Waals surface area contributed by atoms with Crippen LogP contribution in [0.1, 0.15) is 12.5 Å². The zero-order valence-corrected chi connectivity index (χ0v) is 11.5. The molecule has 0 radical (unpaired) electrons. The van der Waals surface area contributed by atoms with Crippen LogP contribution >= 0.6 is 28.7 Å². The molecule has 4 heteroatoms. The third-order valence-corrected chi connectivity index (χ3v) is 4.03. The third kappa shape index (κ3) is 1.80. The molecule has 0 aromatic heterocycles. The fraction of sp³-hybridized carbons (Fsp3) is 0.250. The Morgan fingerprint density at radius 1 is 1.25 bits per heavy atom. The second-order valence-corrected chi connectivity index (χ2v) is 4.68. The average molecular weight is 297 g/mol. The summed E-state index contributed by atoms with van der Waals surface area (Å²) in [6.07, 6.45) is 0. The van der Waals surface area contributed by atoms with Gasteiger partial charge < -0.3 is 4.90 Å². The summed E-state index contributed by atoms with van der Waals surface area (Å²) < 4.78 is 0. The highest BCUT2D eigenvalue weighted by molar-refractivity contribution is 8.93. The monoisotopic (exact) mass is 296 g/mol. The summed E-state index contributed by atoms with van der Waals surface area (Å²) in [6, 6.07) is 10.5. The highest BCUT2D eigenvalue weighted by Gasteiger charge is 2.29. The largest absolute Gasteiger partial charge is 0.322 e. The highest BCUT2D eigenvalue weighted by Crippen LogP contribution is 2.42. The molecule has 2 aliphatic rings. The lowest BCUT2D eigenvalue weighted by Gasteiger charge is -2.12. The fourth-order valence-electron chi connectivity index (χ4n) is 1.97. The molecule has 0 atom stereocenters. The number of fused-ring (bicyclic) bond motifs is 1. The summed E-state index contributed by atoms with van der Waals surface area (Å²) in [7, 11) is 0. The molecule has 1 aromatic carbocycles. The van der Waals surface area contributed by atoms with E-state index in [1.54, 1.807) is 11.8 Å². The SMILES string of the molecule is Br.CC1=C(c2ccccc2)SC2=NCCN21. The molecule has 0 fully saturated rings. The first-order chi connectivity index (χ1) is 7.36. The zero-order valence-electron chi connectivity index (χ0n) is 9.01. The summed E-state index contributed by atoms with van der Waals surface area (Å²) in [4.78, 5) is 8.16. The Morgan fingerprint density at radius 3 is 2.69 bits per heavy atom. The van der Waals surface area contributed by atoms with Gasteiger partial charge in [0, 0.05) is 17.1 Å². The van der Waals surface area contributed by atoms with E-state index in [9.17, 15) is 0 Å². The van der Waals surface area contributed by atoms with E-state index in [4.69, 9.17) is 0 Å². The van der Waals surface area contributed by atoms with Gasteiger partial charge in [0.1, 0.15) is 0 Å². The molecule has 0 bridgehead atoms. The third-order valence-electron chi connectivity index (χ3n) is 2.76. The molecule has 3 rings (SSSR count). The number of benzene rings is 1. The Morgan fingerprint density at radius 2 is 2.00 bits per heavy atom. The van der Waals surface area contributed by atoms with Gasteiger partial charge >= 0.3 is 0 Å². The predicted molar refractivity (Wildman–Crippen MR) is 76.0 cm³/mol. The lowest BCUT2D eigenvalue weighted by Crippen LogP contribution is -2.18. The van der Waals surface area contributed by atoms with Gasteiger partial charge in [-0.2, -0.15) is 0 Å². The second-order valence-electron chi connectivity index (χ2n) is 3.70. The number of hydrogen-bond donors (Lipinski definition) is 0. The van der Waals surface area contributed by atoms with Crippen LogP contribution in [-0.2, 0) is 0 Å². The van der Waals surface area contributed by atoms with Crippen LogP contribution < -0.4 is 0 Å². The van der Waals surface area contributed by atoms with Crippen molar-refractivity contribution in [1.82, 2.24) is 4.90 Å². The van der Waals surface area contributed by atoms with Gasteiger partial charge in [-0.15, -0.1) is 17.0 Å². The van der Waals surface area contributed by atoms with E-state index in [-0.39, 0.29) is 17.0 Å². The average Bonchev–Trinajstić information content (AvgIpc) is 2.83. The van der Waals surface area contributed by atoms with E-state index in [2.05, 4.69) is 47.1 Å². The molecule has 0 saturated heterocycles. The Kier molecular flexibility index (Phi) is 3.40. The molecule has 0 N–H and O–H groups in total.